The van der Waals surface area contributed by atoms with Gasteiger partial charge >= 0.3 is 0 Å². The number of rotatable bonds is 9. The molecule has 198 valence electrons. The van der Waals surface area contributed by atoms with Gasteiger partial charge in [-0.3, -0.25) is 9.59 Å². The van der Waals surface area contributed by atoms with Gasteiger partial charge in [-0.1, -0.05) is 67.1 Å². The SMILES string of the molecule is COCCNC(=O)c1ccc2c(c1)C(C)=C(C)CC(Cc1ccc(-c3ccccc3C(=O)CO)cc1)C2C. The van der Waals surface area contributed by atoms with Crippen molar-refractivity contribution >= 4 is 17.3 Å². The summed E-state index contributed by atoms with van der Waals surface area (Å²) in [6.07, 6.45) is 1.93. The van der Waals surface area contributed by atoms with E-state index in [-0.39, 0.29) is 11.7 Å². The van der Waals surface area contributed by atoms with Crippen molar-refractivity contribution in [3.05, 3.63) is 100 Å². The maximum atomic E-state index is 12.7. The Morgan fingerprint density at radius 3 is 2.45 bits per heavy atom. The summed E-state index contributed by atoms with van der Waals surface area (Å²) >= 11 is 0. The van der Waals surface area contributed by atoms with Gasteiger partial charge in [0, 0.05) is 24.8 Å². The van der Waals surface area contributed by atoms with Gasteiger partial charge in [-0.15, -0.1) is 0 Å². The molecule has 2 N–H and O–H groups in total. The third-order valence-electron chi connectivity index (χ3n) is 7.85. The maximum Gasteiger partial charge on any atom is 0.251 e. The Bertz CT molecular complexity index is 1340. The van der Waals surface area contributed by atoms with Crippen molar-refractivity contribution in [2.75, 3.05) is 26.9 Å². The molecule has 0 bridgehead atoms. The van der Waals surface area contributed by atoms with Gasteiger partial charge < -0.3 is 15.2 Å². The first-order valence-electron chi connectivity index (χ1n) is 13.2. The van der Waals surface area contributed by atoms with E-state index in [9.17, 15) is 14.7 Å². The van der Waals surface area contributed by atoms with E-state index >= 15 is 0 Å². The molecule has 0 heterocycles. The fourth-order valence-electron chi connectivity index (χ4n) is 5.43. The van der Waals surface area contributed by atoms with Crippen LogP contribution in [0.2, 0.25) is 0 Å². The van der Waals surface area contributed by atoms with E-state index in [1.165, 1.54) is 22.3 Å². The Hall–Kier alpha value is -3.54. The molecule has 4 rings (SSSR count). The number of benzene rings is 3. The van der Waals surface area contributed by atoms with E-state index in [0.29, 0.717) is 36.1 Å². The maximum absolute atomic E-state index is 12.7. The molecule has 5 nitrogen and oxygen atoms in total. The van der Waals surface area contributed by atoms with Crippen LogP contribution in [-0.2, 0) is 11.2 Å². The Balaban J connectivity index is 1.56. The number of amides is 1. The van der Waals surface area contributed by atoms with E-state index in [4.69, 9.17) is 4.74 Å². The van der Waals surface area contributed by atoms with E-state index in [1.807, 2.05) is 30.3 Å². The minimum absolute atomic E-state index is 0.0777. The van der Waals surface area contributed by atoms with Crippen LogP contribution in [0.25, 0.3) is 16.7 Å². The molecule has 0 spiro atoms. The number of aliphatic hydroxyl groups excluding tert-OH is 1. The molecule has 2 atom stereocenters. The number of hydrogen-bond acceptors (Lipinski definition) is 4. The lowest BCUT2D eigenvalue weighted by Crippen LogP contribution is -2.27. The number of fused-ring (bicyclic) bond motifs is 1. The van der Waals surface area contributed by atoms with Crippen molar-refractivity contribution in [2.45, 2.75) is 39.5 Å². The Labute approximate surface area is 225 Å². The molecule has 0 saturated heterocycles. The van der Waals surface area contributed by atoms with Gasteiger partial charge in [0.25, 0.3) is 5.91 Å². The quantitative estimate of drug-likeness (QED) is 0.270. The molecule has 2 unspecified atom stereocenters. The second kappa shape index (κ2) is 12.3. The van der Waals surface area contributed by atoms with Crippen molar-refractivity contribution in [3.63, 3.8) is 0 Å². The summed E-state index contributed by atoms with van der Waals surface area (Å²) in [6.45, 7) is 7.13. The Kier molecular flexibility index (Phi) is 8.93. The molecule has 5 heteroatoms. The standard InChI is InChI=1S/C33H37NO4/c1-21-17-27(18-24-9-11-25(12-10-24)29-7-5-6-8-30(29)32(36)20-35)23(3)28-14-13-26(19-31(28)22(21)2)33(37)34-15-16-38-4/h5-14,19,23,27,35H,15-18,20H2,1-4H3,(H,34,37). The topological polar surface area (TPSA) is 75.6 Å². The van der Waals surface area contributed by atoms with E-state index in [2.05, 4.69) is 56.4 Å². The van der Waals surface area contributed by atoms with Crippen LogP contribution < -0.4 is 5.32 Å². The Morgan fingerprint density at radius 2 is 1.74 bits per heavy atom. The first kappa shape index (κ1) is 27.5. The number of ether oxygens (including phenoxy) is 1. The number of carbonyl (C=O) groups excluding carboxylic acids is 2. The van der Waals surface area contributed by atoms with Crippen LogP contribution >= 0.6 is 0 Å². The molecule has 0 aliphatic heterocycles. The summed E-state index contributed by atoms with van der Waals surface area (Å²) in [4.78, 5) is 24.9. The number of allylic oxidation sites excluding steroid dienone is 2. The molecule has 1 aliphatic rings. The summed E-state index contributed by atoms with van der Waals surface area (Å²) in [5.41, 5.74) is 9.32. The van der Waals surface area contributed by atoms with Crippen molar-refractivity contribution < 1.29 is 19.4 Å². The van der Waals surface area contributed by atoms with Crippen molar-refractivity contribution in [2.24, 2.45) is 5.92 Å². The average Bonchev–Trinajstić information content (AvgIpc) is 3.03. The predicted molar refractivity (Wildman–Crippen MR) is 152 cm³/mol. The number of carbonyl (C=O) groups is 2. The third kappa shape index (κ3) is 5.95. The number of nitrogens with one attached hydrogen (secondary N) is 1. The second-order valence-corrected chi connectivity index (χ2v) is 10.2. The zero-order chi connectivity index (χ0) is 27.2. The highest BCUT2D eigenvalue weighted by Gasteiger charge is 2.27. The van der Waals surface area contributed by atoms with Crippen molar-refractivity contribution in [3.8, 4) is 11.1 Å². The van der Waals surface area contributed by atoms with Crippen LogP contribution in [-0.4, -0.2) is 43.7 Å². The van der Waals surface area contributed by atoms with Crippen LogP contribution in [0.4, 0.5) is 0 Å². The number of ketones is 1. The summed E-state index contributed by atoms with van der Waals surface area (Å²) in [5, 5.41) is 12.3. The third-order valence-corrected chi connectivity index (χ3v) is 7.85. The zero-order valence-corrected chi connectivity index (χ0v) is 22.7. The molecule has 0 radical (unpaired) electrons. The first-order chi connectivity index (χ1) is 18.3. The lowest BCUT2D eigenvalue weighted by Gasteiger charge is -2.24. The summed E-state index contributed by atoms with van der Waals surface area (Å²) in [6, 6.07) is 21.9. The average molecular weight is 512 g/mol. The molecule has 3 aromatic carbocycles. The highest BCUT2D eigenvalue weighted by atomic mass is 16.5. The largest absolute Gasteiger partial charge is 0.388 e. The summed E-state index contributed by atoms with van der Waals surface area (Å²) < 4.78 is 5.04. The van der Waals surface area contributed by atoms with Gasteiger partial charge in [0.1, 0.15) is 6.61 Å². The van der Waals surface area contributed by atoms with E-state index < -0.39 is 6.61 Å². The monoisotopic (exact) mass is 511 g/mol. The molecule has 1 aliphatic carbocycles. The fourth-order valence-corrected chi connectivity index (χ4v) is 5.43. The van der Waals surface area contributed by atoms with Gasteiger partial charge in [0.2, 0.25) is 0 Å². The number of hydrogen-bond donors (Lipinski definition) is 2. The van der Waals surface area contributed by atoms with Gasteiger partial charge in [-0.05, 0) is 84.0 Å². The van der Waals surface area contributed by atoms with Crippen LogP contribution in [0.5, 0.6) is 0 Å². The molecule has 1 amide bonds. The van der Waals surface area contributed by atoms with Gasteiger partial charge in [-0.2, -0.15) is 0 Å². The molecule has 3 aromatic rings. The Morgan fingerprint density at radius 1 is 1.00 bits per heavy atom. The zero-order valence-electron chi connectivity index (χ0n) is 22.7. The molecule has 38 heavy (non-hydrogen) atoms. The predicted octanol–water partition coefficient (Wildman–Crippen LogP) is 6.06. The van der Waals surface area contributed by atoms with E-state index in [1.54, 1.807) is 13.2 Å². The lowest BCUT2D eigenvalue weighted by molar-refractivity contribution is 0.0903. The highest BCUT2D eigenvalue weighted by molar-refractivity contribution is 6.03. The number of methoxy groups -OCH3 is 1. The highest BCUT2D eigenvalue weighted by Crippen LogP contribution is 2.41. The van der Waals surface area contributed by atoms with Crippen LogP contribution in [0.3, 0.4) is 0 Å². The van der Waals surface area contributed by atoms with Crippen molar-refractivity contribution in [1.82, 2.24) is 5.32 Å². The van der Waals surface area contributed by atoms with Crippen LogP contribution in [0, 0.1) is 5.92 Å². The van der Waals surface area contributed by atoms with Crippen LogP contribution in [0.1, 0.15) is 70.5 Å². The second-order valence-electron chi connectivity index (χ2n) is 10.2. The molecular weight excluding hydrogens is 474 g/mol. The smallest absolute Gasteiger partial charge is 0.251 e. The molecule has 0 aromatic heterocycles. The van der Waals surface area contributed by atoms with Gasteiger partial charge in [0.05, 0.1) is 6.61 Å². The number of Topliss-reactive ketones (excluding diaryl/α,β-unsaturated/α-hetero) is 1. The minimum Gasteiger partial charge on any atom is -0.388 e. The van der Waals surface area contributed by atoms with Crippen molar-refractivity contribution in [1.29, 1.82) is 0 Å². The molecule has 0 saturated carbocycles. The van der Waals surface area contributed by atoms with Gasteiger partial charge in [-0.25, -0.2) is 0 Å². The first-order valence-corrected chi connectivity index (χ1v) is 13.2. The molecule has 0 fully saturated rings. The lowest BCUT2D eigenvalue weighted by atomic mass is 9.80. The van der Waals surface area contributed by atoms with E-state index in [0.717, 1.165) is 29.5 Å². The summed E-state index contributed by atoms with van der Waals surface area (Å²) in [7, 11) is 1.62. The normalized spacial score (nSPS) is 17.1. The molecular formula is C33H37NO4. The minimum atomic E-state index is -0.498. The van der Waals surface area contributed by atoms with Crippen LogP contribution in [0.15, 0.2) is 72.3 Å². The summed E-state index contributed by atoms with van der Waals surface area (Å²) in [5.74, 6) is 0.391. The number of aliphatic hydroxyl groups is 1. The fraction of sp³-hybridized carbons (Fsp3) is 0.333. The van der Waals surface area contributed by atoms with Gasteiger partial charge in [0.15, 0.2) is 5.78 Å².